The third kappa shape index (κ3) is 4.64. The molecule has 0 unspecified atom stereocenters. The molecule has 3 N–H and O–H groups in total. The molecular weight excluding hydrogens is 356 g/mol. The van der Waals surface area contributed by atoms with Gasteiger partial charge in [0.1, 0.15) is 0 Å². The third-order valence-corrected chi connectivity index (χ3v) is 4.49. The molecule has 28 heavy (non-hydrogen) atoms. The molecule has 0 saturated heterocycles. The Morgan fingerprint density at radius 1 is 1.21 bits per heavy atom. The maximum atomic E-state index is 12.6. The predicted molar refractivity (Wildman–Crippen MR) is 107 cm³/mol. The van der Waals surface area contributed by atoms with Crippen LogP contribution < -0.4 is 16.0 Å². The molecule has 1 atom stereocenters. The molecule has 0 radical (unpaired) electrons. The first-order valence-corrected chi connectivity index (χ1v) is 9.26. The summed E-state index contributed by atoms with van der Waals surface area (Å²) in [5.41, 5.74) is 2.35. The Morgan fingerprint density at radius 3 is 2.79 bits per heavy atom. The van der Waals surface area contributed by atoms with Gasteiger partial charge >= 0.3 is 6.03 Å². The van der Waals surface area contributed by atoms with E-state index in [-0.39, 0.29) is 18.0 Å². The topological polar surface area (TPSA) is 100 Å². The summed E-state index contributed by atoms with van der Waals surface area (Å²) in [4.78, 5) is 32.8. The molecule has 0 aliphatic carbocycles. The summed E-state index contributed by atoms with van der Waals surface area (Å²) < 4.78 is 1.83. The van der Waals surface area contributed by atoms with Gasteiger partial charge in [-0.2, -0.15) is 0 Å². The highest BCUT2D eigenvalue weighted by molar-refractivity contribution is 5.90. The molecule has 8 nitrogen and oxygen atoms in total. The summed E-state index contributed by atoms with van der Waals surface area (Å²) in [7, 11) is 1.61. The van der Waals surface area contributed by atoms with Crippen molar-refractivity contribution in [2.75, 3.05) is 12.4 Å². The van der Waals surface area contributed by atoms with Gasteiger partial charge in [0, 0.05) is 37.7 Å². The summed E-state index contributed by atoms with van der Waals surface area (Å²) in [6.45, 7) is 1.99. The highest BCUT2D eigenvalue weighted by Gasteiger charge is 2.17. The van der Waals surface area contributed by atoms with E-state index in [4.69, 9.17) is 0 Å². The third-order valence-electron chi connectivity index (χ3n) is 4.49. The van der Waals surface area contributed by atoms with Crippen molar-refractivity contribution in [1.82, 2.24) is 25.0 Å². The minimum absolute atomic E-state index is 0.0363. The van der Waals surface area contributed by atoms with Gasteiger partial charge in [-0.3, -0.25) is 9.20 Å². The van der Waals surface area contributed by atoms with Crippen molar-refractivity contribution in [2.24, 2.45) is 0 Å². The lowest BCUT2D eigenvalue weighted by molar-refractivity contribution is -0.120. The molecule has 2 heterocycles. The number of rotatable bonds is 7. The molecule has 0 aliphatic heterocycles. The fourth-order valence-electron chi connectivity index (χ4n) is 2.95. The van der Waals surface area contributed by atoms with Gasteiger partial charge in [0.25, 0.3) is 0 Å². The molecule has 0 fully saturated rings. The van der Waals surface area contributed by atoms with Crippen molar-refractivity contribution < 1.29 is 9.59 Å². The van der Waals surface area contributed by atoms with Crippen LogP contribution in [0.1, 0.15) is 37.1 Å². The van der Waals surface area contributed by atoms with Crippen LogP contribution in [-0.2, 0) is 11.2 Å². The Hall–Kier alpha value is -3.42. The first kappa shape index (κ1) is 19.3. The van der Waals surface area contributed by atoms with E-state index in [1.165, 1.54) is 0 Å². The van der Waals surface area contributed by atoms with Gasteiger partial charge < -0.3 is 16.0 Å². The Bertz CT molecular complexity index is 935. The number of fused-ring (bicyclic) bond motifs is 1. The lowest BCUT2D eigenvalue weighted by Crippen LogP contribution is -2.32. The Morgan fingerprint density at radius 2 is 2.04 bits per heavy atom. The van der Waals surface area contributed by atoms with Crippen LogP contribution >= 0.6 is 0 Å². The zero-order chi connectivity index (χ0) is 19.9. The fourth-order valence-corrected chi connectivity index (χ4v) is 2.95. The molecule has 146 valence electrons. The summed E-state index contributed by atoms with van der Waals surface area (Å²) >= 11 is 0. The Labute approximate surface area is 163 Å². The monoisotopic (exact) mass is 380 g/mol. The van der Waals surface area contributed by atoms with Gasteiger partial charge in [-0.15, -0.1) is 0 Å². The molecule has 0 spiro atoms. The lowest BCUT2D eigenvalue weighted by Gasteiger charge is -2.17. The molecule has 0 bridgehead atoms. The van der Waals surface area contributed by atoms with E-state index in [1.54, 1.807) is 13.2 Å². The number of hydrogen-bond donors (Lipinski definition) is 3. The zero-order valence-electron chi connectivity index (χ0n) is 16.0. The number of hydrogen-bond acceptors (Lipinski definition) is 4. The van der Waals surface area contributed by atoms with E-state index >= 15 is 0 Å². The van der Waals surface area contributed by atoms with Gasteiger partial charge in [0.15, 0.2) is 0 Å². The molecule has 0 saturated carbocycles. The zero-order valence-corrected chi connectivity index (χ0v) is 16.0. The average Bonchev–Trinajstić information content (AvgIpc) is 3.15. The molecule has 3 aromatic rings. The molecular formula is C20H24N6O2. The van der Waals surface area contributed by atoms with Crippen molar-refractivity contribution in [2.45, 2.75) is 32.2 Å². The number of carbonyl (C=O) groups is 2. The minimum Gasteiger partial charge on any atom is -0.359 e. The normalized spacial score (nSPS) is 11.8. The van der Waals surface area contributed by atoms with Crippen molar-refractivity contribution in [3.63, 3.8) is 0 Å². The Balaban J connectivity index is 1.68. The second-order valence-electron chi connectivity index (χ2n) is 6.38. The average molecular weight is 380 g/mol. The van der Waals surface area contributed by atoms with E-state index in [1.807, 2.05) is 54.0 Å². The minimum atomic E-state index is -0.316. The van der Waals surface area contributed by atoms with E-state index < -0.39 is 0 Å². The first-order valence-electron chi connectivity index (χ1n) is 9.26. The number of nitrogens with zero attached hydrogens (tertiary/aromatic N) is 3. The second-order valence-corrected chi connectivity index (χ2v) is 6.38. The van der Waals surface area contributed by atoms with Gasteiger partial charge in [-0.05, 0) is 30.5 Å². The van der Waals surface area contributed by atoms with Crippen LogP contribution in [0.2, 0.25) is 0 Å². The molecule has 0 aliphatic rings. The predicted octanol–water partition coefficient (Wildman–Crippen LogP) is 2.68. The number of anilines is 1. The van der Waals surface area contributed by atoms with Gasteiger partial charge in [-0.1, -0.05) is 25.1 Å². The van der Waals surface area contributed by atoms with Crippen LogP contribution in [0.4, 0.5) is 10.5 Å². The van der Waals surface area contributed by atoms with Crippen LogP contribution in [0.3, 0.4) is 0 Å². The SMILES string of the molecule is CC[C@@H](NC(=O)Nc1ccccc1CCC(=O)NC)c1cn2cccnc2n1. The molecule has 3 amide bonds. The largest absolute Gasteiger partial charge is 0.359 e. The van der Waals surface area contributed by atoms with E-state index in [2.05, 4.69) is 25.9 Å². The summed E-state index contributed by atoms with van der Waals surface area (Å²) in [6, 6.07) is 8.75. The van der Waals surface area contributed by atoms with Gasteiger partial charge in [-0.25, -0.2) is 14.8 Å². The van der Waals surface area contributed by atoms with E-state index in [0.29, 0.717) is 30.7 Å². The quantitative estimate of drug-likeness (QED) is 0.587. The molecule has 8 heteroatoms. The highest BCUT2D eigenvalue weighted by Crippen LogP contribution is 2.19. The van der Waals surface area contributed by atoms with Crippen molar-refractivity contribution >= 4 is 23.4 Å². The number of nitrogens with one attached hydrogen (secondary N) is 3. The standard InChI is InChI=1S/C20H24N6O2/c1-3-15(17-13-26-12-6-11-22-19(26)23-17)24-20(28)25-16-8-5-4-7-14(16)9-10-18(27)21-2/h4-8,11-13,15H,3,9-10H2,1-2H3,(H,21,27)(H2,24,25,28)/t15-/m1/s1. The number of benzene rings is 1. The maximum absolute atomic E-state index is 12.6. The highest BCUT2D eigenvalue weighted by atomic mass is 16.2. The molecule has 1 aromatic carbocycles. The van der Waals surface area contributed by atoms with Gasteiger partial charge in [0.2, 0.25) is 11.7 Å². The van der Waals surface area contributed by atoms with Crippen LogP contribution in [0.25, 0.3) is 5.78 Å². The van der Waals surface area contributed by atoms with Crippen molar-refractivity contribution in [3.8, 4) is 0 Å². The maximum Gasteiger partial charge on any atom is 0.319 e. The van der Waals surface area contributed by atoms with E-state index in [9.17, 15) is 9.59 Å². The van der Waals surface area contributed by atoms with Crippen molar-refractivity contribution in [1.29, 1.82) is 0 Å². The number of aryl methyl sites for hydroxylation is 1. The van der Waals surface area contributed by atoms with Crippen LogP contribution in [0, 0.1) is 0 Å². The molecule has 3 rings (SSSR count). The van der Waals surface area contributed by atoms with Gasteiger partial charge in [0.05, 0.1) is 11.7 Å². The number of carbonyl (C=O) groups excluding carboxylic acids is 2. The number of amides is 3. The molecule has 2 aromatic heterocycles. The van der Waals surface area contributed by atoms with Crippen LogP contribution in [0.15, 0.2) is 48.9 Å². The Kier molecular flexibility index (Phi) is 6.21. The summed E-state index contributed by atoms with van der Waals surface area (Å²) in [6.07, 6.45) is 7.02. The number of imidazole rings is 1. The fraction of sp³-hybridized carbons (Fsp3) is 0.300. The first-order chi connectivity index (χ1) is 13.6. The smallest absolute Gasteiger partial charge is 0.319 e. The summed E-state index contributed by atoms with van der Waals surface area (Å²) in [5.74, 6) is 0.559. The summed E-state index contributed by atoms with van der Waals surface area (Å²) in [5, 5.41) is 8.46. The van der Waals surface area contributed by atoms with E-state index in [0.717, 1.165) is 11.3 Å². The number of para-hydroxylation sites is 1. The second kappa shape index (κ2) is 8.98. The lowest BCUT2D eigenvalue weighted by atomic mass is 10.1. The number of urea groups is 1. The van der Waals surface area contributed by atoms with Crippen LogP contribution in [0.5, 0.6) is 0 Å². The number of aromatic nitrogens is 3. The van der Waals surface area contributed by atoms with Crippen LogP contribution in [-0.4, -0.2) is 33.4 Å². The van der Waals surface area contributed by atoms with Crippen molar-refractivity contribution in [3.05, 3.63) is 60.2 Å².